The second kappa shape index (κ2) is 6.99. The maximum absolute atomic E-state index is 11.0. The molecule has 2 heterocycles. The number of aliphatic hydroxyl groups excluding tert-OH is 1. The Kier molecular flexibility index (Phi) is 4.69. The lowest BCUT2D eigenvalue weighted by molar-refractivity contribution is 0.0320. The summed E-state index contributed by atoms with van der Waals surface area (Å²) in [6, 6.07) is 12.6. The van der Waals surface area contributed by atoms with Crippen LogP contribution in [0.2, 0.25) is 0 Å². The molecule has 26 heavy (non-hydrogen) atoms. The largest absolute Gasteiger partial charge is 0.508 e. The summed E-state index contributed by atoms with van der Waals surface area (Å²) >= 11 is 0. The summed E-state index contributed by atoms with van der Waals surface area (Å²) in [7, 11) is 0. The molecule has 3 N–H and O–H groups in total. The highest BCUT2D eigenvalue weighted by Gasteiger charge is 2.48. The Hall–Kier alpha value is -1.95. The van der Waals surface area contributed by atoms with E-state index in [9.17, 15) is 15.3 Å². The molecule has 1 aromatic heterocycles. The number of pyridine rings is 1. The molecule has 1 saturated heterocycles. The van der Waals surface area contributed by atoms with Crippen LogP contribution in [-0.2, 0) is 6.42 Å². The highest BCUT2D eigenvalue weighted by molar-refractivity contribution is 5.27. The molecule has 5 nitrogen and oxygen atoms in total. The van der Waals surface area contributed by atoms with Crippen molar-refractivity contribution in [2.45, 2.75) is 31.0 Å². The number of phenols is 1. The molecule has 2 aliphatic rings. The van der Waals surface area contributed by atoms with Crippen molar-refractivity contribution in [3.8, 4) is 5.75 Å². The number of hydrogen-bond acceptors (Lipinski definition) is 5. The smallest absolute Gasteiger partial charge is 0.115 e. The van der Waals surface area contributed by atoms with Crippen molar-refractivity contribution >= 4 is 0 Å². The molecule has 0 bridgehead atoms. The maximum atomic E-state index is 11.0. The molecular formula is C21H26N2O3. The zero-order valence-electron chi connectivity index (χ0n) is 14.8. The molecule has 1 aliphatic carbocycles. The van der Waals surface area contributed by atoms with Crippen LogP contribution in [0.25, 0.3) is 0 Å². The second-order valence-corrected chi connectivity index (χ2v) is 7.98. The Labute approximate surface area is 153 Å². The molecule has 0 amide bonds. The fourth-order valence-corrected chi connectivity index (χ4v) is 4.74. The van der Waals surface area contributed by atoms with Crippen LogP contribution in [0.5, 0.6) is 5.75 Å². The van der Waals surface area contributed by atoms with Crippen LogP contribution >= 0.6 is 0 Å². The normalized spacial score (nSPS) is 29.6. The van der Waals surface area contributed by atoms with Crippen molar-refractivity contribution in [2.24, 2.45) is 11.8 Å². The first-order valence-corrected chi connectivity index (χ1v) is 9.32. The molecule has 2 fully saturated rings. The lowest BCUT2D eigenvalue weighted by Gasteiger charge is -2.26. The number of likely N-dealkylation sites (tertiary alicyclic amines) is 1. The van der Waals surface area contributed by atoms with Crippen molar-refractivity contribution in [1.82, 2.24) is 9.88 Å². The number of β-amino-alcohol motifs (C(OH)–C–C–N with tert-alkyl or cyclic N) is 1. The summed E-state index contributed by atoms with van der Waals surface area (Å²) in [5.74, 6) is 1.18. The number of aromatic nitrogens is 1. The molecule has 0 radical (unpaired) electrons. The Balaban J connectivity index is 1.32. The number of rotatable bonds is 5. The first-order valence-electron chi connectivity index (χ1n) is 9.32. The van der Waals surface area contributed by atoms with Gasteiger partial charge in [-0.25, -0.2) is 0 Å². The van der Waals surface area contributed by atoms with Crippen LogP contribution in [-0.4, -0.2) is 50.4 Å². The topological polar surface area (TPSA) is 76.8 Å². The Bertz CT molecular complexity index is 721. The third-order valence-electron chi connectivity index (χ3n) is 5.88. The van der Waals surface area contributed by atoms with Crippen LogP contribution in [0.1, 0.15) is 30.2 Å². The van der Waals surface area contributed by atoms with Gasteiger partial charge in [0.15, 0.2) is 0 Å². The fraction of sp³-hybridized carbons (Fsp3) is 0.476. The average molecular weight is 354 g/mol. The molecule has 1 aromatic carbocycles. The van der Waals surface area contributed by atoms with Gasteiger partial charge in [0.25, 0.3) is 0 Å². The van der Waals surface area contributed by atoms with E-state index in [4.69, 9.17) is 0 Å². The zero-order chi connectivity index (χ0) is 18.1. The first-order chi connectivity index (χ1) is 12.5. The summed E-state index contributed by atoms with van der Waals surface area (Å²) in [5.41, 5.74) is 1.13. The molecule has 5 heteroatoms. The molecular weight excluding hydrogens is 328 g/mol. The van der Waals surface area contributed by atoms with E-state index in [0.717, 1.165) is 37.2 Å². The van der Waals surface area contributed by atoms with E-state index in [1.54, 1.807) is 30.5 Å². The minimum absolute atomic E-state index is 0.212. The van der Waals surface area contributed by atoms with Gasteiger partial charge < -0.3 is 15.3 Å². The number of hydrogen-bond donors (Lipinski definition) is 3. The van der Waals surface area contributed by atoms with Crippen LogP contribution in [0, 0.1) is 11.8 Å². The number of nitrogens with zero attached hydrogens (tertiary/aromatic N) is 2. The molecule has 2 aromatic rings. The van der Waals surface area contributed by atoms with Crippen molar-refractivity contribution in [3.05, 3.63) is 59.9 Å². The molecule has 3 unspecified atom stereocenters. The number of aromatic hydroxyl groups is 1. The number of phenolic OH excluding ortho intramolecular Hbond substituents is 1. The predicted molar refractivity (Wildman–Crippen MR) is 98.6 cm³/mol. The minimum atomic E-state index is -0.647. The Morgan fingerprint density at radius 3 is 2.38 bits per heavy atom. The van der Waals surface area contributed by atoms with E-state index in [1.165, 1.54) is 0 Å². The van der Waals surface area contributed by atoms with Gasteiger partial charge in [0.2, 0.25) is 0 Å². The van der Waals surface area contributed by atoms with E-state index in [-0.39, 0.29) is 5.75 Å². The van der Waals surface area contributed by atoms with E-state index >= 15 is 0 Å². The van der Waals surface area contributed by atoms with Gasteiger partial charge in [-0.15, -0.1) is 0 Å². The quantitative estimate of drug-likeness (QED) is 0.767. The highest BCUT2D eigenvalue weighted by Crippen LogP contribution is 2.45. The predicted octanol–water partition coefficient (Wildman–Crippen LogP) is 2.14. The van der Waals surface area contributed by atoms with E-state index in [1.807, 2.05) is 18.2 Å². The monoisotopic (exact) mass is 354 g/mol. The fourth-order valence-electron chi connectivity index (χ4n) is 4.74. The summed E-state index contributed by atoms with van der Waals surface area (Å²) < 4.78 is 0. The maximum Gasteiger partial charge on any atom is 0.115 e. The average Bonchev–Trinajstić information content (AvgIpc) is 3.10. The van der Waals surface area contributed by atoms with E-state index in [0.29, 0.717) is 24.8 Å². The van der Waals surface area contributed by atoms with E-state index in [2.05, 4.69) is 9.88 Å². The Morgan fingerprint density at radius 1 is 1.08 bits per heavy atom. The first kappa shape index (κ1) is 17.5. The van der Waals surface area contributed by atoms with Gasteiger partial charge in [-0.1, -0.05) is 18.2 Å². The van der Waals surface area contributed by atoms with Gasteiger partial charge in [0.05, 0.1) is 11.7 Å². The summed E-state index contributed by atoms with van der Waals surface area (Å²) in [6.07, 6.45) is 3.46. The number of fused-ring (bicyclic) bond motifs is 1. The Morgan fingerprint density at radius 2 is 1.77 bits per heavy atom. The van der Waals surface area contributed by atoms with Crippen molar-refractivity contribution in [1.29, 1.82) is 0 Å². The standard InChI is InChI=1S/C21H26N2O3/c24-19-6-4-15(5-7-19)20(25)14-23-12-16-9-21(26,10-17(16)13-23)11-18-3-1-2-8-22-18/h1-8,16-17,20,24-26H,9-14H2. The number of aliphatic hydroxyl groups is 2. The lowest BCUT2D eigenvalue weighted by atomic mass is 9.93. The van der Waals surface area contributed by atoms with Crippen LogP contribution in [0.3, 0.4) is 0 Å². The lowest BCUT2D eigenvalue weighted by Crippen LogP contribution is -2.33. The summed E-state index contributed by atoms with van der Waals surface area (Å²) in [4.78, 5) is 6.65. The van der Waals surface area contributed by atoms with Crippen molar-refractivity contribution in [3.63, 3.8) is 0 Å². The van der Waals surface area contributed by atoms with Crippen LogP contribution in [0.4, 0.5) is 0 Å². The SMILES string of the molecule is Oc1ccc(C(O)CN2CC3CC(O)(Cc4ccccn4)CC3C2)cc1. The van der Waals surface area contributed by atoms with Gasteiger partial charge in [0, 0.05) is 37.9 Å². The molecule has 138 valence electrons. The second-order valence-electron chi connectivity index (χ2n) is 7.98. The third kappa shape index (κ3) is 3.75. The van der Waals surface area contributed by atoms with Gasteiger partial charge in [0.1, 0.15) is 5.75 Å². The molecule has 0 spiro atoms. The molecule has 1 saturated carbocycles. The molecule has 4 rings (SSSR count). The third-order valence-corrected chi connectivity index (χ3v) is 5.88. The summed E-state index contributed by atoms with van der Waals surface area (Å²) in [5, 5.41) is 30.8. The molecule has 1 aliphatic heterocycles. The highest BCUT2D eigenvalue weighted by atomic mass is 16.3. The van der Waals surface area contributed by atoms with Gasteiger partial charge in [-0.05, 0) is 54.5 Å². The van der Waals surface area contributed by atoms with Gasteiger partial charge in [-0.2, -0.15) is 0 Å². The van der Waals surface area contributed by atoms with E-state index < -0.39 is 11.7 Å². The summed E-state index contributed by atoms with van der Waals surface area (Å²) in [6.45, 7) is 2.44. The van der Waals surface area contributed by atoms with Crippen molar-refractivity contribution < 1.29 is 15.3 Å². The number of benzene rings is 1. The molecule has 3 atom stereocenters. The van der Waals surface area contributed by atoms with Crippen LogP contribution in [0.15, 0.2) is 48.7 Å². The van der Waals surface area contributed by atoms with Gasteiger partial charge >= 0.3 is 0 Å². The zero-order valence-corrected chi connectivity index (χ0v) is 14.8. The van der Waals surface area contributed by atoms with Crippen LogP contribution < -0.4 is 0 Å². The van der Waals surface area contributed by atoms with Gasteiger partial charge in [-0.3, -0.25) is 9.88 Å². The van der Waals surface area contributed by atoms with Crippen molar-refractivity contribution in [2.75, 3.05) is 19.6 Å². The minimum Gasteiger partial charge on any atom is -0.508 e.